The summed E-state index contributed by atoms with van der Waals surface area (Å²) in [7, 11) is 0. The van der Waals surface area contributed by atoms with E-state index in [9.17, 15) is 4.79 Å². The molecule has 2 aromatic carbocycles. The summed E-state index contributed by atoms with van der Waals surface area (Å²) in [6, 6.07) is 17.6. The molecule has 0 radical (unpaired) electrons. The van der Waals surface area contributed by atoms with Gasteiger partial charge in [0.05, 0.1) is 0 Å². The fraction of sp³-hybridized carbons (Fsp3) is 0. The second-order valence-corrected chi connectivity index (χ2v) is 6.17. The van der Waals surface area contributed by atoms with Gasteiger partial charge < -0.3 is 0 Å². The third-order valence-electron chi connectivity index (χ3n) is 3.52. The van der Waals surface area contributed by atoms with E-state index in [1.807, 2.05) is 42.5 Å². The van der Waals surface area contributed by atoms with Crippen LogP contribution in [0.15, 0.2) is 54.6 Å². The molecule has 0 amide bonds. The van der Waals surface area contributed by atoms with Crippen LogP contribution in [-0.4, -0.2) is 5.78 Å². The zero-order valence-corrected chi connectivity index (χ0v) is 12.0. The molecule has 0 unspecified atom stereocenters. The first-order chi connectivity index (χ1) is 9.75. The Hall–Kier alpha value is -1.90. The molecule has 3 aromatic rings. The molecule has 0 spiro atoms. The third-order valence-corrected chi connectivity index (χ3v) is 5.04. The van der Waals surface area contributed by atoms with Gasteiger partial charge in [0.15, 0.2) is 5.78 Å². The van der Waals surface area contributed by atoms with Gasteiger partial charge in [-0.15, -0.1) is 11.3 Å². The first-order valence-corrected chi connectivity index (χ1v) is 7.48. The molecule has 3 heteroatoms. The molecule has 0 saturated carbocycles. The normalized spacial score (nSPS) is 12.3. The van der Waals surface area contributed by atoms with Crippen molar-refractivity contribution >= 4 is 28.7 Å². The summed E-state index contributed by atoms with van der Waals surface area (Å²) in [6.45, 7) is 0. The van der Waals surface area contributed by atoms with Crippen LogP contribution >= 0.6 is 22.9 Å². The predicted molar refractivity (Wildman–Crippen MR) is 83.6 cm³/mol. The van der Waals surface area contributed by atoms with E-state index in [-0.39, 0.29) is 5.78 Å². The van der Waals surface area contributed by atoms with Crippen LogP contribution in [0.25, 0.3) is 20.9 Å². The predicted octanol–water partition coefficient (Wildman–Crippen LogP) is 5.28. The highest BCUT2D eigenvalue weighted by molar-refractivity contribution is 7.19. The van der Waals surface area contributed by atoms with Crippen molar-refractivity contribution in [2.75, 3.05) is 0 Å². The molecular formula is C17H9ClOS. The summed E-state index contributed by atoms with van der Waals surface area (Å²) in [5, 5.41) is 0.649. The first kappa shape index (κ1) is 11.9. The number of halogens is 1. The topological polar surface area (TPSA) is 17.1 Å². The SMILES string of the molecule is O=C1c2cc(-c3ccccc3)sc2-c2c(Cl)cccc21. The average molecular weight is 297 g/mol. The minimum atomic E-state index is 0.0796. The van der Waals surface area contributed by atoms with Gasteiger partial charge in [-0.3, -0.25) is 4.79 Å². The van der Waals surface area contributed by atoms with Crippen molar-refractivity contribution in [2.24, 2.45) is 0 Å². The number of hydrogen-bond donors (Lipinski definition) is 0. The molecule has 1 nitrogen and oxygen atoms in total. The molecule has 0 fully saturated rings. The maximum absolute atomic E-state index is 12.4. The Morgan fingerprint density at radius 2 is 1.70 bits per heavy atom. The van der Waals surface area contributed by atoms with Crippen LogP contribution in [0.2, 0.25) is 5.02 Å². The van der Waals surface area contributed by atoms with Crippen molar-refractivity contribution in [1.82, 2.24) is 0 Å². The molecule has 0 aliphatic heterocycles. The van der Waals surface area contributed by atoms with Crippen LogP contribution in [0.4, 0.5) is 0 Å². The number of carbonyl (C=O) groups is 1. The van der Waals surface area contributed by atoms with E-state index in [0.717, 1.165) is 32.0 Å². The van der Waals surface area contributed by atoms with Gasteiger partial charge in [-0.2, -0.15) is 0 Å². The molecule has 0 N–H and O–H groups in total. The summed E-state index contributed by atoms with van der Waals surface area (Å²) in [5.74, 6) is 0.0796. The van der Waals surface area contributed by atoms with Crippen molar-refractivity contribution in [3.8, 4) is 20.9 Å². The van der Waals surface area contributed by atoms with Gasteiger partial charge in [0, 0.05) is 31.5 Å². The van der Waals surface area contributed by atoms with Crippen molar-refractivity contribution in [1.29, 1.82) is 0 Å². The molecule has 0 bridgehead atoms. The molecule has 96 valence electrons. The number of carbonyl (C=O) groups excluding carboxylic acids is 1. The van der Waals surface area contributed by atoms with Crippen LogP contribution in [0.1, 0.15) is 15.9 Å². The minimum Gasteiger partial charge on any atom is -0.289 e. The minimum absolute atomic E-state index is 0.0796. The lowest BCUT2D eigenvalue weighted by Gasteiger charge is -2.01. The smallest absolute Gasteiger partial charge is 0.195 e. The Kier molecular flexibility index (Phi) is 2.56. The Morgan fingerprint density at radius 3 is 2.50 bits per heavy atom. The highest BCUT2D eigenvalue weighted by atomic mass is 35.5. The molecule has 1 aliphatic rings. The second kappa shape index (κ2) is 4.30. The molecule has 20 heavy (non-hydrogen) atoms. The molecule has 1 aromatic heterocycles. The standard InChI is InChI=1S/C17H9ClOS/c18-13-8-4-7-11-15(13)17-12(16(11)19)9-14(20-17)10-5-2-1-3-6-10/h1-9H. The summed E-state index contributed by atoms with van der Waals surface area (Å²) < 4.78 is 0. The van der Waals surface area contributed by atoms with Gasteiger partial charge in [-0.05, 0) is 17.7 Å². The molecule has 4 rings (SSSR count). The number of thiophene rings is 1. The fourth-order valence-corrected chi connectivity index (χ4v) is 4.14. The lowest BCUT2D eigenvalue weighted by molar-refractivity contribution is 0.104. The Morgan fingerprint density at radius 1 is 0.900 bits per heavy atom. The van der Waals surface area contributed by atoms with Crippen molar-refractivity contribution in [3.63, 3.8) is 0 Å². The van der Waals surface area contributed by atoms with Gasteiger partial charge in [0.2, 0.25) is 0 Å². The third kappa shape index (κ3) is 1.59. The number of ketones is 1. The molecule has 1 heterocycles. The molecule has 0 saturated heterocycles. The van der Waals surface area contributed by atoms with Gasteiger partial charge in [-0.1, -0.05) is 54.1 Å². The number of hydrogen-bond acceptors (Lipinski definition) is 2. The van der Waals surface area contributed by atoms with Crippen LogP contribution in [0, 0.1) is 0 Å². The first-order valence-electron chi connectivity index (χ1n) is 6.28. The van der Waals surface area contributed by atoms with Crippen LogP contribution in [-0.2, 0) is 0 Å². The quantitative estimate of drug-likeness (QED) is 0.467. The summed E-state index contributed by atoms with van der Waals surface area (Å²) >= 11 is 7.90. The Balaban J connectivity index is 1.95. The molecule has 1 aliphatic carbocycles. The number of benzene rings is 2. The summed E-state index contributed by atoms with van der Waals surface area (Å²) in [4.78, 5) is 14.5. The second-order valence-electron chi connectivity index (χ2n) is 4.71. The zero-order valence-electron chi connectivity index (χ0n) is 10.4. The van der Waals surface area contributed by atoms with Crippen molar-refractivity contribution in [2.45, 2.75) is 0 Å². The van der Waals surface area contributed by atoms with E-state index >= 15 is 0 Å². The average Bonchev–Trinajstić information content (AvgIpc) is 3.01. The molecule has 0 atom stereocenters. The maximum Gasteiger partial charge on any atom is 0.195 e. The summed E-state index contributed by atoms with van der Waals surface area (Å²) in [6.07, 6.45) is 0. The van der Waals surface area contributed by atoms with E-state index < -0.39 is 0 Å². The van der Waals surface area contributed by atoms with E-state index in [0.29, 0.717) is 5.02 Å². The van der Waals surface area contributed by atoms with Crippen molar-refractivity contribution < 1.29 is 4.79 Å². The van der Waals surface area contributed by atoms with E-state index in [1.54, 1.807) is 11.3 Å². The zero-order chi connectivity index (χ0) is 13.7. The highest BCUT2D eigenvalue weighted by Crippen LogP contribution is 2.47. The lowest BCUT2D eigenvalue weighted by atomic mass is 10.1. The molecular weight excluding hydrogens is 288 g/mol. The Bertz CT molecular complexity index is 833. The van der Waals surface area contributed by atoms with E-state index in [2.05, 4.69) is 12.1 Å². The monoisotopic (exact) mass is 296 g/mol. The Labute approximate surface area is 125 Å². The van der Waals surface area contributed by atoms with Gasteiger partial charge in [-0.25, -0.2) is 0 Å². The van der Waals surface area contributed by atoms with E-state index in [1.165, 1.54) is 0 Å². The largest absolute Gasteiger partial charge is 0.289 e. The number of rotatable bonds is 1. The van der Waals surface area contributed by atoms with Crippen LogP contribution < -0.4 is 0 Å². The van der Waals surface area contributed by atoms with Crippen LogP contribution in [0.3, 0.4) is 0 Å². The maximum atomic E-state index is 12.4. The van der Waals surface area contributed by atoms with Gasteiger partial charge >= 0.3 is 0 Å². The van der Waals surface area contributed by atoms with E-state index in [4.69, 9.17) is 11.6 Å². The van der Waals surface area contributed by atoms with Gasteiger partial charge in [0.1, 0.15) is 0 Å². The summed E-state index contributed by atoms with van der Waals surface area (Å²) in [5.41, 5.74) is 3.52. The number of fused-ring (bicyclic) bond motifs is 3. The lowest BCUT2D eigenvalue weighted by Crippen LogP contribution is -1.93. The van der Waals surface area contributed by atoms with Gasteiger partial charge in [0.25, 0.3) is 0 Å². The fourth-order valence-electron chi connectivity index (χ4n) is 2.58. The van der Waals surface area contributed by atoms with Crippen molar-refractivity contribution in [3.05, 3.63) is 70.7 Å². The van der Waals surface area contributed by atoms with Crippen LogP contribution in [0.5, 0.6) is 0 Å². The highest BCUT2D eigenvalue weighted by Gasteiger charge is 2.31.